The summed E-state index contributed by atoms with van der Waals surface area (Å²) in [6, 6.07) is 5.38. The van der Waals surface area contributed by atoms with Crippen molar-refractivity contribution >= 4 is 40.5 Å². The van der Waals surface area contributed by atoms with Gasteiger partial charge in [-0.3, -0.25) is 9.48 Å². The number of carboxylic acid groups (broad SMARTS) is 1. The number of alkyl halides is 3. The van der Waals surface area contributed by atoms with Gasteiger partial charge in [-0.2, -0.15) is 18.3 Å². The average molecular weight is 520 g/mol. The van der Waals surface area contributed by atoms with Gasteiger partial charge in [-0.25, -0.2) is 9.78 Å². The topological polar surface area (TPSA) is 132 Å². The molecule has 0 aliphatic heterocycles. The SMILES string of the molecule is Cc1nc(C)c(C(=O)Nc2ccc(OCCN)c(-c3c(Cl)cnn3C)c2)s1.O=C(O)C(F)(F)F. The highest BCUT2D eigenvalue weighted by Crippen LogP contribution is 2.36. The fourth-order valence-electron chi connectivity index (χ4n) is 2.73. The smallest absolute Gasteiger partial charge is 0.490 e. The second-order valence-electron chi connectivity index (χ2n) is 6.72. The largest absolute Gasteiger partial charge is 0.492 e. The van der Waals surface area contributed by atoms with Crippen LogP contribution in [-0.2, 0) is 11.8 Å². The zero-order chi connectivity index (χ0) is 25.6. The van der Waals surface area contributed by atoms with E-state index in [1.54, 1.807) is 30.1 Å². The number of aliphatic carboxylic acids is 1. The van der Waals surface area contributed by atoms with Crippen LogP contribution < -0.4 is 15.8 Å². The Kier molecular flexibility index (Phi) is 9.01. The number of ether oxygens (including phenoxy) is 1. The molecule has 0 fully saturated rings. The number of anilines is 1. The minimum atomic E-state index is -5.08. The highest BCUT2D eigenvalue weighted by atomic mass is 35.5. The van der Waals surface area contributed by atoms with Crippen LogP contribution in [0, 0.1) is 13.8 Å². The van der Waals surface area contributed by atoms with Crippen LogP contribution in [0.5, 0.6) is 5.75 Å². The standard InChI is InChI=1S/C18H20ClN5O2S.C2HF3O2/c1-10-17(27-11(2)22-10)18(25)23-12-4-5-15(26-7-6-20)13(8-12)16-14(19)9-21-24(16)3;3-2(4,5)1(6)7/h4-5,8-9H,6-7,20H2,1-3H3,(H,23,25);(H,6,7). The first kappa shape index (κ1) is 27.1. The number of hydrogen-bond acceptors (Lipinski definition) is 7. The van der Waals surface area contributed by atoms with Crippen LogP contribution in [0.15, 0.2) is 24.4 Å². The van der Waals surface area contributed by atoms with Crippen molar-refractivity contribution < 1.29 is 32.6 Å². The third kappa shape index (κ3) is 6.92. The van der Waals surface area contributed by atoms with Gasteiger partial charge in [0.15, 0.2) is 0 Å². The highest BCUT2D eigenvalue weighted by Gasteiger charge is 2.38. The molecule has 0 unspecified atom stereocenters. The van der Waals surface area contributed by atoms with Crippen molar-refractivity contribution in [2.24, 2.45) is 12.8 Å². The first-order chi connectivity index (χ1) is 15.8. The number of benzene rings is 1. The number of aryl methyl sites for hydroxylation is 3. The molecule has 2 heterocycles. The van der Waals surface area contributed by atoms with Crippen LogP contribution in [0.2, 0.25) is 5.02 Å². The van der Waals surface area contributed by atoms with Crippen LogP contribution in [-0.4, -0.2) is 51.1 Å². The van der Waals surface area contributed by atoms with Gasteiger partial charge in [-0.1, -0.05) is 11.6 Å². The molecule has 0 saturated heterocycles. The molecule has 3 aromatic rings. The maximum atomic E-state index is 12.6. The molecule has 0 saturated carbocycles. The van der Waals surface area contributed by atoms with Crippen molar-refractivity contribution in [1.29, 1.82) is 0 Å². The summed E-state index contributed by atoms with van der Waals surface area (Å²) >= 11 is 7.67. The molecule has 14 heteroatoms. The summed E-state index contributed by atoms with van der Waals surface area (Å²) in [6.07, 6.45) is -3.52. The molecule has 184 valence electrons. The second-order valence-corrected chi connectivity index (χ2v) is 8.33. The van der Waals surface area contributed by atoms with E-state index in [1.165, 1.54) is 11.3 Å². The van der Waals surface area contributed by atoms with E-state index in [1.807, 2.05) is 19.9 Å². The molecule has 3 rings (SSSR count). The summed E-state index contributed by atoms with van der Waals surface area (Å²) in [5.74, 6) is -2.34. The number of hydrogen-bond donors (Lipinski definition) is 3. The van der Waals surface area contributed by atoms with Crippen LogP contribution >= 0.6 is 22.9 Å². The predicted molar refractivity (Wildman–Crippen MR) is 121 cm³/mol. The molecule has 0 atom stereocenters. The third-order valence-electron chi connectivity index (χ3n) is 4.11. The van der Waals surface area contributed by atoms with E-state index >= 15 is 0 Å². The summed E-state index contributed by atoms with van der Waals surface area (Å²) < 4.78 is 39.1. The predicted octanol–water partition coefficient (Wildman–Crippen LogP) is 4.04. The van der Waals surface area contributed by atoms with E-state index < -0.39 is 12.1 Å². The third-order valence-corrected chi connectivity index (χ3v) is 5.46. The van der Waals surface area contributed by atoms with Crippen LogP contribution in [0.1, 0.15) is 20.4 Å². The quantitative estimate of drug-likeness (QED) is 0.447. The van der Waals surface area contributed by atoms with Crippen molar-refractivity contribution in [1.82, 2.24) is 14.8 Å². The number of nitrogens with two attached hydrogens (primary N) is 1. The Morgan fingerprint density at radius 2 is 1.97 bits per heavy atom. The number of rotatable bonds is 6. The van der Waals surface area contributed by atoms with Crippen LogP contribution in [0.3, 0.4) is 0 Å². The van der Waals surface area contributed by atoms with E-state index in [0.29, 0.717) is 45.9 Å². The Balaban J connectivity index is 0.000000509. The lowest BCUT2D eigenvalue weighted by molar-refractivity contribution is -0.192. The number of carbonyl (C=O) groups is 2. The van der Waals surface area contributed by atoms with E-state index in [4.69, 9.17) is 32.0 Å². The van der Waals surface area contributed by atoms with Gasteiger partial charge in [0.05, 0.1) is 27.6 Å². The first-order valence-electron chi connectivity index (χ1n) is 9.55. The van der Waals surface area contributed by atoms with Gasteiger partial charge in [-0.15, -0.1) is 11.3 Å². The van der Waals surface area contributed by atoms with E-state index in [2.05, 4.69) is 15.4 Å². The lowest BCUT2D eigenvalue weighted by atomic mass is 10.1. The molecule has 0 radical (unpaired) electrons. The summed E-state index contributed by atoms with van der Waals surface area (Å²) in [4.78, 5) is 26.4. The number of halogens is 4. The molecule has 2 aromatic heterocycles. The van der Waals surface area contributed by atoms with Gasteiger partial charge in [0.2, 0.25) is 0 Å². The Hall–Kier alpha value is -3.16. The molecule has 0 aliphatic rings. The Morgan fingerprint density at radius 1 is 1.32 bits per heavy atom. The monoisotopic (exact) mass is 519 g/mol. The maximum Gasteiger partial charge on any atom is 0.490 e. The average Bonchev–Trinajstić information content (AvgIpc) is 3.26. The zero-order valence-electron chi connectivity index (χ0n) is 18.2. The van der Waals surface area contributed by atoms with Crippen molar-refractivity contribution in [2.75, 3.05) is 18.5 Å². The number of nitrogens with one attached hydrogen (secondary N) is 1. The molecule has 34 heavy (non-hydrogen) atoms. The van der Waals surface area contributed by atoms with Gasteiger partial charge in [0, 0.05) is 24.8 Å². The molecule has 4 N–H and O–H groups in total. The van der Waals surface area contributed by atoms with Gasteiger partial charge < -0.3 is 20.9 Å². The second kappa shape index (κ2) is 11.3. The number of amides is 1. The first-order valence-corrected chi connectivity index (χ1v) is 10.7. The zero-order valence-corrected chi connectivity index (χ0v) is 19.8. The van der Waals surface area contributed by atoms with Crippen molar-refractivity contribution in [3.8, 4) is 17.0 Å². The Bertz CT molecular complexity index is 1160. The van der Waals surface area contributed by atoms with Gasteiger partial charge >= 0.3 is 12.1 Å². The number of aromatic nitrogens is 3. The van der Waals surface area contributed by atoms with Gasteiger partial charge in [-0.05, 0) is 32.0 Å². The van der Waals surface area contributed by atoms with E-state index in [0.717, 1.165) is 10.6 Å². The minimum absolute atomic E-state index is 0.198. The highest BCUT2D eigenvalue weighted by molar-refractivity contribution is 7.13. The van der Waals surface area contributed by atoms with Gasteiger partial charge in [0.25, 0.3) is 5.91 Å². The fourth-order valence-corrected chi connectivity index (χ4v) is 3.81. The maximum absolute atomic E-state index is 12.6. The molecular formula is C20H21ClF3N5O4S. The lowest BCUT2D eigenvalue weighted by Gasteiger charge is -2.14. The molecule has 9 nitrogen and oxygen atoms in total. The van der Waals surface area contributed by atoms with E-state index in [9.17, 15) is 18.0 Å². The van der Waals surface area contributed by atoms with Crippen molar-refractivity contribution in [3.05, 3.63) is 45.0 Å². The molecule has 1 aromatic carbocycles. The Labute approximate surface area is 201 Å². The molecule has 0 aliphatic carbocycles. The normalized spacial score (nSPS) is 10.9. The molecule has 1 amide bonds. The van der Waals surface area contributed by atoms with Gasteiger partial charge in [0.1, 0.15) is 17.2 Å². The summed E-state index contributed by atoms with van der Waals surface area (Å²) in [5, 5.41) is 15.6. The number of carbonyl (C=O) groups excluding carboxylic acids is 1. The van der Waals surface area contributed by atoms with Crippen molar-refractivity contribution in [3.63, 3.8) is 0 Å². The molecule has 0 spiro atoms. The number of thiazole rings is 1. The fraction of sp³-hybridized carbons (Fsp3) is 0.300. The lowest BCUT2D eigenvalue weighted by Crippen LogP contribution is -2.21. The van der Waals surface area contributed by atoms with Crippen LogP contribution in [0.25, 0.3) is 11.3 Å². The van der Waals surface area contributed by atoms with Crippen molar-refractivity contribution in [2.45, 2.75) is 20.0 Å². The summed E-state index contributed by atoms with van der Waals surface area (Å²) in [5.41, 5.74) is 8.31. The number of carboxylic acids is 1. The summed E-state index contributed by atoms with van der Waals surface area (Å²) in [7, 11) is 1.79. The molecule has 0 bridgehead atoms. The van der Waals surface area contributed by atoms with E-state index in [-0.39, 0.29) is 5.91 Å². The molecular weight excluding hydrogens is 499 g/mol. The number of nitrogens with zero attached hydrogens (tertiary/aromatic N) is 3. The summed E-state index contributed by atoms with van der Waals surface area (Å²) in [6.45, 7) is 4.46. The van der Waals surface area contributed by atoms with Crippen LogP contribution in [0.4, 0.5) is 18.9 Å². The Morgan fingerprint density at radius 3 is 2.44 bits per heavy atom. The minimum Gasteiger partial charge on any atom is -0.492 e.